The summed E-state index contributed by atoms with van der Waals surface area (Å²) < 4.78 is 25.4. The van der Waals surface area contributed by atoms with Crippen LogP contribution in [0.3, 0.4) is 0 Å². The third-order valence-electron chi connectivity index (χ3n) is 6.12. The van der Waals surface area contributed by atoms with Gasteiger partial charge in [0.1, 0.15) is 11.6 Å². The fourth-order valence-electron chi connectivity index (χ4n) is 4.37. The van der Waals surface area contributed by atoms with Gasteiger partial charge < -0.3 is 14.1 Å². The van der Waals surface area contributed by atoms with Crippen molar-refractivity contribution in [2.75, 3.05) is 26.2 Å². The fraction of sp³-hybridized carbons (Fsp3) is 0.619. The molecule has 0 amide bonds. The lowest BCUT2D eigenvalue weighted by molar-refractivity contribution is 0.174. The zero-order valence-corrected chi connectivity index (χ0v) is 16.2. The lowest BCUT2D eigenvalue weighted by atomic mass is 9.90. The first-order valence-corrected chi connectivity index (χ1v) is 10.1. The minimum atomic E-state index is -0.400. The standard InChI is InChI=1S/C21H28FN3O2/c1-3-25-9-6-15(7-10-25)19-12-16(19)8-11-26-17-4-5-18(20(22)13-17)21-24-23-14(2)27-21/h4-5,13,15-16,19H,3,6-12H2,1-2H3/t16-,19-/m1/s1. The first-order chi connectivity index (χ1) is 13.1. The van der Waals surface area contributed by atoms with Crippen LogP contribution in [0.4, 0.5) is 4.39 Å². The van der Waals surface area contributed by atoms with E-state index >= 15 is 0 Å². The Morgan fingerprint density at radius 2 is 2.07 bits per heavy atom. The van der Waals surface area contributed by atoms with E-state index in [4.69, 9.17) is 9.15 Å². The van der Waals surface area contributed by atoms with Gasteiger partial charge in [-0.25, -0.2) is 4.39 Å². The molecule has 4 rings (SSSR count). The van der Waals surface area contributed by atoms with Crippen LogP contribution in [0.2, 0.25) is 0 Å². The van der Waals surface area contributed by atoms with E-state index < -0.39 is 5.82 Å². The molecule has 1 saturated heterocycles. The molecule has 6 heteroatoms. The van der Waals surface area contributed by atoms with Crippen LogP contribution in [0.15, 0.2) is 22.6 Å². The van der Waals surface area contributed by atoms with Gasteiger partial charge >= 0.3 is 0 Å². The molecule has 2 aromatic rings. The molecule has 1 aromatic carbocycles. The molecular weight excluding hydrogens is 345 g/mol. The summed E-state index contributed by atoms with van der Waals surface area (Å²) in [4.78, 5) is 2.55. The Hall–Kier alpha value is -1.95. The SMILES string of the molecule is CCN1CCC([C@H]2C[C@H]2CCOc2ccc(-c3nnc(C)o3)c(F)c2)CC1. The normalized spacial score (nSPS) is 23.5. The molecule has 2 atom stereocenters. The number of hydrogen-bond donors (Lipinski definition) is 0. The van der Waals surface area contributed by atoms with Crippen molar-refractivity contribution < 1.29 is 13.5 Å². The third kappa shape index (κ3) is 4.32. The van der Waals surface area contributed by atoms with E-state index in [2.05, 4.69) is 22.0 Å². The molecule has 0 unspecified atom stereocenters. The van der Waals surface area contributed by atoms with E-state index in [0.717, 1.165) is 24.2 Å². The first-order valence-electron chi connectivity index (χ1n) is 10.1. The Labute approximate surface area is 159 Å². The number of piperidine rings is 1. The summed E-state index contributed by atoms with van der Waals surface area (Å²) >= 11 is 0. The van der Waals surface area contributed by atoms with Gasteiger partial charge in [0.15, 0.2) is 0 Å². The third-order valence-corrected chi connectivity index (χ3v) is 6.12. The van der Waals surface area contributed by atoms with Crippen LogP contribution in [0.25, 0.3) is 11.5 Å². The highest BCUT2D eigenvalue weighted by atomic mass is 19.1. The van der Waals surface area contributed by atoms with Crippen molar-refractivity contribution in [2.45, 2.75) is 39.5 Å². The lowest BCUT2D eigenvalue weighted by Gasteiger charge is -2.31. The summed E-state index contributed by atoms with van der Waals surface area (Å²) in [6, 6.07) is 4.81. The maximum atomic E-state index is 14.3. The van der Waals surface area contributed by atoms with Crippen molar-refractivity contribution in [3.8, 4) is 17.2 Å². The molecule has 5 nitrogen and oxygen atoms in total. The van der Waals surface area contributed by atoms with Gasteiger partial charge in [-0.3, -0.25) is 0 Å². The van der Waals surface area contributed by atoms with Crippen LogP contribution in [0.1, 0.15) is 38.5 Å². The number of halogens is 1. The second kappa shape index (κ2) is 7.97. The van der Waals surface area contributed by atoms with Crippen LogP contribution in [-0.4, -0.2) is 41.3 Å². The van der Waals surface area contributed by atoms with Crippen molar-refractivity contribution in [3.63, 3.8) is 0 Å². The molecule has 0 spiro atoms. The van der Waals surface area contributed by atoms with Crippen LogP contribution in [0.5, 0.6) is 5.75 Å². The predicted molar refractivity (Wildman–Crippen MR) is 101 cm³/mol. The Kier molecular flexibility index (Phi) is 5.43. The van der Waals surface area contributed by atoms with Gasteiger partial charge in [-0.1, -0.05) is 6.92 Å². The molecule has 1 aromatic heterocycles. The average molecular weight is 373 g/mol. The average Bonchev–Trinajstić information content (AvgIpc) is 3.33. The largest absolute Gasteiger partial charge is 0.493 e. The van der Waals surface area contributed by atoms with Crippen LogP contribution in [-0.2, 0) is 0 Å². The Morgan fingerprint density at radius 3 is 2.74 bits per heavy atom. The summed E-state index contributed by atoms with van der Waals surface area (Å²) in [5.74, 6) is 3.34. The van der Waals surface area contributed by atoms with E-state index in [9.17, 15) is 4.39 Å². The van der Waals surface area contributed by atoms with Gasteiger partial charge in [-0.05, 0) is 75.2 Å². The fourth-order valence-corrected chi connectivity index (χ4v) is 4.37. The van der Waals surface area contributed by atoms with E-state index in [1.165, 1.54) is 45.0 Å². The van der Waals surface area contributed by atoms with E-state index in [0.29, 0.717) is 23.8 Å². The van der Waals surface area contributed by atoms with E-state index in [1.54, 1.807) is 19.1 Å². The molecule has 0 radical (unpaired) electrons. The zero-order chi connectivity index (χ0) is 18.8. The molecule has 2 fully saturated rings. The maximum absolute atomic E-state index is 14.3. The zero-order valence-electron chi connectivity index (χ0n) is 16.2. The number of aromatic nitrogens is 2. The minimum Gasteiger partial charge on any atom is -0.493 e. The molecule has 1 saturated carbocycles. The summed E-state index contributed by atoms with van der Waals surface area (Å²) in [7, 11) is 0. The van der Waals surface area contributed by atoms with Gasteiger partial charge in [-0.2, -0.15) is 0 Å². The summed E-state index contributed by atoms with van der Waals surface area (Å²) in [6.45, 7) is 8.27. The molecule has 1 aliphatic carbocycles. The van der Waals surface area contributed by atoms with Crippen molar-refractivity contribution in [3.05, 3.63) is 29.9 Å². The number of ether oxygens (including phenoxy) is 1. The highest BCUT2D eigenvalue weighted by molar-refractivity contribution is 5.55. The smallest absolute Gasteiger partial charge is 0.250 e. The molecule has 2 aliphatic rings. The van der Waals surface area contributed by atoms with Crippen molar-refractivity contribution >= 4 is 0 Å². The van der Waals surface area contributed by atoms with Gasteiger partial charge in [0, 0.05) is 13.0 Å². The Morgan fingerprint density at radius 1 is 1.26 bits per heavy atom. The quantitative estimate of drug-likeness (QED) is 0.723. The monoisotopic (exact) mass is 373 g/mol. The highest BCUT2D eigenvalue weighted by Gasteiger charge is 2.42. The second-order valence-corrected chi connectivity index (χ2v) is 7.84. The molecular formula is C21H28FN3O2. The molecule has 27 heavy (non-hydrogen) atoms. The van der Waals surface area contributed by atoms with Crippen molar-refractivity contribution in [2.24, 2.45) is 17.8 Å². The molecule has 1 aliphatic heterocycles. The number of likely N-dealkylation sites (tertiary alicyclic amines) is 1. The summed E-state index contributed by atoms with van der Waals surface area (Å²) in [6.07, 6.45) is 5.09. The van der Waals surface area contributed by atoms with Gasteiger partial charge in [0.25, 0.3) is 5.89 Å². The van der Waals surface area contributed by atoms with E-state index in [1.807, 2.05) is 0 Å². The Balaban J connectivity index is 1.23. The first kappa shape index (κ1) is 18.4. The van der Waals surface area contributed by atoms with Crippen LogP contribution >= 0.6 is 0 Å². The van der Waals surface area contributed by atoms with Gasteiger partial charge in [0.05, 0.1) is 12.2 Å². The number of aryl methyl sites for hydroxylation is 1. The van der Waals surface area contributed by atoms with Crippen molar-refractivity contribution in [1.29, 1.82) is 0 Å². The summed E-state index contributed by atoms with van der Waals surface area (Å²) in [5, 5.41) is 7.60. The highest BCUT2D eigenvalue weighted by Crippen LogP contribution is 2.49. The van der Waals surface area contributed by atoms with Crippen LogP contribution in [0, 0.1) is 30.5 Å². The second-order valence-electron chi connectivity index (χ2n) is 7.84. The lowest BCUT2D eigenvalue weighted by Crippen LogP contribution is -2.34. The Bertz CT molecular complexity index is 771. The molecule has 0 N–H and O–H groups in total. The number of rotatable bonds is 7. The van der Waals surface area contributed by atoms with Crippen molar-refractivity contribution in [1.82, 2.24) is 15.1 Å². The maximum Gasteiger partial charge on any atom is 0.250 e. The molecule has 146 valence electrons. The van der Waals surface area contributed by atoms with Gasteiger partial charge in [0.2, 0.25) is 5.89 Å². The molecule has 0 bridgehead atoms. The predicted octanol–water partition coefficient (Wildman–Crippen LogP) is 4.32. The topological polar surface area (TPSA) is 51.4 Å². The minimum absolute atomic E-state index is 0.200. The number of benzene rings is 1. The summed E-state index contributed by atoms with van der Waals surface area (Å²) in [5.41, 5.74) is 0.309. The molecule has 2 heterocycles. The van der Waals surface area contributed by atoms with Crippen LogP contribution < -0.4 is 4.74 Å². The number of nitrogens with zero attached hydrogens (tertiary/aromatic N) is 3. The van der Waals surface area contributed by atoms with E-state index in [-0.39, 0.29) is 5.89 Å². The number of hydrogen-bond acceptors (Lipinski definition) is 5. The van der Waals surface area contributed by atoms with Gasteiger partial charge in [-0.15, -0.1) is 10.2 Å².